The van der Waals surface area contributed by atoms with E-state index in [1.165, 1.54) is 17.8 Å². The molecule has 2 rings (SSSR count). The minimum absolute atomic E-state index is 0.104. The average molecular weight is 280 g/mol. The summed E-state index contributed by atoms with van der Waals surface area (Å²) in [5.41, 5.74) is 6.02. The number of rotatable bonds is 4. The molecule has 0 amide bonds. The molecular weight excluding hydrogens is 267 g/mol. The Morgan fingerprint density at radius 1 is 1.58 bits per heavy atom. The highest BCUT2D eigenvalue weighted by atomic mass is 32.2. The monoisotopic (exact) mass is 280 g/mol. The van der Waals surface area contributed by atoms with Crippen LogP contribution in [-0.2, 0) is 12.8 Å². The van der Waals surface area contributed by atoms with Crippen molar-refractivity contribution >= 4 is 17.6 Å². The summed E-state index contributed by atoms with van der Waals surface area (Å²) < 4.78 is 15.8. The predicted molar refractivity (Wildman–Crippen MR) is 71.7 cm³/mol. The van der Waals surface area contributed by atoms with Gasteiger partial charge < -0.3 is 10.9 Å². The van der Waals surface area contributed by atoms with Crippen LogP contribution in [0.5, 0.6) is 0 Å². The van der Waals surface area contributed by atoms with Gasteiger partial charge in [-0.3, -0.25) is 4.68 Å². The lowest BCUT2D eigenvalue weighted by molar-refractivity contribution is 0.318. The van der Waals surface area contributed by atoms with Gasteiger partial charge in [0.1, 0.15) is 5.82 Å². The molecule has 0 aliphatic rings. The number of halogens is 1. The molecule has 0 fully saturated rings. The number of nitrogens with two attached hydrogens (primary N) is 1. The minimum Gasteiger partial charge on any atom is -0.409 e. The first-order valence-electron chi connectivity index (χ1n) is 5.48. The number of amidine groups is 1. The summed E-state index contributed by atoms with van der Waals surface area (Å²) in [4.78, 5) is 0.955. The van der Waals surface area contributed by atoms with Crippen molar-refractivity contribution in [1.29, 1.82) is 0 Å². The lowest BCUT2D eigenvalue weighted by atomic mass is 10.1. The lowest BCUT2D eigenvalue weighted by Crippen LogP contribution is -2.15. The van der Waals surface area contributed by atoms with Crippen LogP contribution in [0.4, 0.5) is 4.39 Å². The van der Waals surface area contributed by atoms with Crippen molar-refractivity contribution in [2.75, 3.05) is 0 Å². The van der Waals surface area contributed by atoms with Gasteiger partial charge in [0.05, 0.1) is 11.8 Å². The Kier molecular flexibility index (Phi) is 4.06. The van der Waals surface area contributed by atoms with E-state index in [1.807, 2.05) is 13.2 Å². The van der Waals surface area contributed by atoms with Crippen LogP contribution in [0.3, 0.4) is 0 Å². The van der Waals surface area contributed by atoms with E-state index >= 15 is 0 Å². The fraction of sp³-hybridized carbons (Fsp3) is 0.167. The second-order valence-corrected chi connectivity index (χ2v) is 4.95. The largest absolute Gasteiger partial charge is 0.409 e. The smallest absolute Gasteiger partial charge is 0.173 e. The van der Waals surface area contributed by atoms with E-state index < -0.39 is 5.82 Å². The molecular formula is C12H13FN4OS. The minimum atomic E-state index is -0.464. The predicted octanol–water partition coefficient (Wildman–Crippen LogP) is 1.95. The number of aromatic nitrogens is 2. The van der Waals surface area contributed by atoms with E-state index in [0.29, 0.717) is 11.3 Å². The molecule has 0 bridgehead atoms. The zero-order valence-corrected chi connectivity index (χ0v) is 11.1. The Labute approximate surface area is 113 Å². The quantitative estimate of drug-likeness (QED) is 0.295. The van der Waals surface area contributed by atoms with Crippen LogP contribution in [0.2, 0.25) is 0 Å². The van der Waals surface area contributed by atoms with E-state index in [2.05, 4.69) is 10.3 Å². The molecule has 1 aromatic heterocycles. The molecule has 19 heavy (non-hydrogen) atoms. The highest BCUT2D eigenvalue weighted by Crippen LogP contribution is 2.24. The number of oxime groups is 1. The van der Waals surface area contributed by atoms with Crippen molar-refractivity contribution in [1.82, 2.24) is 9.78 Å². The highest BCUT2D eigenvalue weighted by Gasteiger charge is 2.11. The molecule has 5 nitrogen and oxygen atoms in total. The van der Waals surface area contributed by atoms with Gasteiger partial charge in [-0.1, -0.05) is 17.3 Å². The summed E-state index contributed by atoms with van der Waals surface area (Å²) >= 11 is 1.47. The molecule has 0 saturated heterocycles. The summed E-state index contributed by atoms with van der Waals surface area (Å²) in [5.74, 6) is -0.246. The first-order valence-corrected chi connectivity index (χ1v) is 6.47. The molecule has 1 heterocycles. The summed E-state index contributed by atoms with van der Waals surface area (Å²) in [6, 6.07) is 4.82. The van der Waals surface area contributed by atoms with E-state index in [-0.39, 0.29) is 11.4 Å². The molecule has 2 aromatic rings. The summed E-state index contributed by atoms with van der Waals surface area (Å²) in [6.45, 7) is 0. The third-order valence-corrected chi connectivity index (χ3v) is 3.54. The lowest BCUT2D eigenvalue weighted by Gasteiger charge is -2.06. The van der Waals surface area contributed by atoms with E-state index in [1.54, 1.807) is 23.0 Å². The van der Waals surface area contributed by atoms with Crippen LogP contribution >= 0.6 is 11.8 Å². The van der Waals surface area contributed by atoms with Gasteiger partial charge in [0.15, 0.2) is 5.84 Å². The molecule has 0 unspecified atom stereocenters. The number of hydrogen-bond acceptors (Lipinski definition) is 4. The Morgan fingerprint density at radius 3 is 3.00 bits per heavy atom. The van der Waals surface area contributed by atoms with Gasteiger partial charge in [-0.2, -0.15) is 5.10 Å². The van der Waals surface area contributed by atoms with Crippen LogP contribution in [-0.4, -0.2) is 20.8 Å². The maximum Gasteiger partial charge on any atom is 0.173 e. The third-order valence-electron chi connectivity index (χ3n) is 2.54. The molecule has 7 heteroatoms. The van der Waals surface area contributed by atoms with Crippen LogP contribution in [0.15, 0.2) is 40.6 Å². The first-order chi connectivity index (χ1) is 9.11. The Balaban J connectivity index is 2.17. The zero-order valence-electron chi connectivity index (χ0n) is 10.2. The number of thioether (sulfide) groups is 1. The maximum atomic E-state index is 14.1. The van der Waals surface area contributed by atoms with Crippen molar-refractivity contribution in [3.8, 4) is 0 Å². The van der Waals surface area contributed by atoms with Gasteiger partial charge in [0, 0.05) is 23.9 Å². The van der Waals surface area contributed by atoms with Crippen molar-refractivity contribution in [2.45, 2.75) is 10.6 Å². The Morgan fingerprint density at radius 2 is 2.37 bits per heavy atom. The molecule has 1 aromatic carbocycles. The van der Waals surface area contributed by atoms with Crippen LogP contribution in [0, 0.1) is 5.82 Å². The Bertz CT molecular complexity index is 612. The second-order valence-electron chi connectivity index (χ2n) is 3.90. The van der Waals surface area contributed by atoms with Crippen LogP contribution in [0.1, 0.15) is 11.1 Å². The SMILES string of the molecule is Cn1cc(SCc2cccc(/C(N)=N/O)c2F)cn1. The molecule has 0 aliphatic carbocycles. The van der Waals surface area contributed by atoms with Gasteiger partial charge in [-0.05, 0) is 11.6 Å². The van der Waals surface area contributed by atoms with E-state index in [9.17, 15) is 4.39 Å². The first kappa shape index (κ1) is 13.4. The highest BCUT2D eigenvalue weighted by molar-refractivity contribution is 7.98. The second kappa shape index (κ2) is 5.75. The fourth-order valence-electron chi connectivity index (χ4n) is 1.58. The maximum absolute atomic E-state index is 14.1. The number of hydrogen-bond donors (Lipinski definition) is 2. The van der Waals surface area contributed by atoms with Gasteiger partial charge in [-0.15, -0.1) is 11.8 Å². The average Bonchev–Trinajstić information content (AvgIpc) is 2.82. The Hall–Kier alpha value is -2.02. The fourth-order valence-corrected chi connectivity index (χ4v) is 2.47. The van der Waals surface area contributed by atoms with Crippen LogP contribution in [0.25, 0.3) is 0 Å². The molecule has 0 aliphatic heterocycles. The molecule has 0 atom stereocenters. The van der Waals surface area contributed by atoms with Crippen molar-refractivity contribution < 1.29 is 9.60 Å². The summed E-state index contributed by atoms with van der Waals surface area (Å²) in [6.07, 6.45) is 3.58. The van der Waals surface area contributed by atoms with Crippen molar-refractivity contribution in [3.05, 3.63) is 47.5 Å². The summed E-state index contributed by atoms with van der Waals surface area (Å²) in [5, 5.41) is 15.5. The molecule has 0 radical (unpaired) electrons. The zero-order chi connectivity index (χ0) is 13.8. The molecule has 100 valence electrons. The molecule has 3 N–H and O–H groups in total. The summed E-state index contributed by atoms with van der Waals surface area (Å²) in [7, 11) is 1.82. The number of aryl methyl sites for hydroxylation is 1. The van der Waals surface area contributed by atoms with Crippen molar-refractivity contribution in [2.24, 2.45) is 17.9 Å². The number of nitrogens with zero attached hydrogens (tertiary/aromatic N) is 3. The topological polar surface area (TPSA) is 76.4 Å². The molecule has 0 spiro atoms. The van der Waals surface area contributed by atoms with Crippen LogP contribution < -0.4 is 5.73 Å². The van der Waals surface area contributed by atoms with E-state index in [4.69, 9.17) is 10.9 Å². The van der Waals surface area contributed by atoms with Crippen molar-refractivity contribution in [3.63, 3.8) is 0 Å². The van der Waals surface area contributed by atoms with Gasteiger partial charge >= 0.3 is 0 Å². The molecule has 0 saturated carbocycles. The third kappa shape index (κ3) is 3.05. The standard InChI is InChI=1S/C12H13FN4OS/c1-17-6-9(5-15-17)19-7-8-3-2-4-10(11(8)13)12(14)16-18/h2-6,18H,7H2,1H3,(H2,14,16). The van der Waals surface area contributed by atoms with Gasteiger partial charge in [0.2, 0.25) is 0 Å². The van der Waals surface area contributed by atoms with Gasteiger partial charge in [0.25, 0.3) is 0 Å². The normalized spacial score (nSPS) is 11.8. The van der Waals surface area contributed by atoms with E-state index in [0.717, 1.165) is 4.90 Å². The van der Waals surface area contributed by atoms with Gasteiger partial charge in [-0.25, -0.2) is 4.39 Å². The number of benzene rings is 1.